The first kappa shape index (κ1) is 24.1. The van der Waals surface area contributed by atoms with Gasteiger partial charge >= 0.3 is 0 Å². The molecule has 182 valence electrons. The van der Waals surface area contributed by atoms with E-state index in [2.05, 4.69) is 24.4 Å². The summed E-state index contributed by atoms with van der Waals surface area (Å²) >= 11 is 0. The van der Waals surface area contributed by atoms with Crippen molar-refractivity contribution in [2.24, 2.45) is 0 Å². The topological polar surface area (TPSA) is 77.1 Å². The van der Waals surface area contributed by atoms with Gasteiger partial charge in [-0.2, -0.15) is 0 Å². The van der Waals surface area contributed by atoms with Crippen molar-refractivity contribution in [1.82, 2.24) is 0 Å². The van der Waals surface area contributed by atoms with Crippen LogP contribution < -0.4 is 24.4 Å². The second-order valence-corrected chi connectivity index (χ2v) is 8.18. The van der Waals surface area contributed by atoms with E-state index >= 15 is 0 Å². The van der Waals surface area contributed by atoms with Gasteiger partial charge in [0.1, 0.15) is 17.2 Å². The minimum absolute atomic E-state index is 0.00509. The quantitative estimate of drug-likeness (QED) is 0.402. The molecule has 1 aliphatic heterocycles. The summed E-state index contributed by atoms with van der Waals surface area (Å²) in [5.41, 5.74) is 2.51. The molecule has 0 radical (unpaired) electrons. The van der Waals surface area contributed by atoms with Crippen LogP contribution in [0.4, 0.5) is 11.4 Å². The van der Waals surface area contributed by atoms with Crippen LogP contribution >= 0.6 is 0 Å². The fraction of sp³-hybridized carbons (Fsp3) is 0.286. The summed E-state index contributed by atoms with van der Waals surface area (Å²) in [4.78, 5) is 26.6. The van der Waals surface area contributed by atoms with Crippen LogP contribution in [0.25, 0.3) is 0 Å². The van der Waals surface area contributed by atoms with Crippen LogP contribution in [0.2, 0.25) is 0 Å². The maximum atomic E-state index is 12.6. The van der Waals surface area contributed by atoms with Crippen molar-refractivity contribution in [3.8, 4) is 17.2 Å². The van der Waals surface area contributed by atoms with Crippen LogP contribution in [0.5, 0.6) is 17.2 Å². The Kier molecular flexibility index (Phi) is 8.22. The summed E-state index contributed by atoms with van der Waals surface area (Å²) < 4.78 is 17.0. The second kappa shape index (κ2) is 11.9. The van der Waals surface area contributed by atoms with Gasteiger partial charge in [-0.05, 0) is 60.9 Å². The highest BCUT2D eigenvalue weighted by Gasteiger charge is 2.25. The largest absolute Gasteiger partial charge is 0.494 e. The molecule has 0 saturated carbocycles. The average Bonchev–Trinajstić information content (AvgIpc) is 2.88. The first-order valence-electron chi connectivity index (χ1n) is 11.9. The van der Waals surface area contributed by atoms with E-state index in [9.17, 15) is 9.59 Å². The fourth-order valence-corrected chi connectivity index (χ4v) is 3.76. The number of benzene rings is 3. The summed E-state index contributed by atoms with van der Waals surface area (Å²) in [6, 6.07) is 22.7. The maximum absolute atomic E-state index is 12.6. The van der Waals surface area contributed by atoms with Crippen molar-refractivity contribution in [3.05, 3.63) is 78.4 Å². The molecule has 0 bridgehead atoms. The molecular weight excluding hydrogens is 444 g/mol. The molecule has 1 heterocycles. The molecule has 2 amide bonds. The zero-order chi connectivity index (χ0) is 24.5. The van der Waals surface area contributed by atoms with E-state index in [0.29, 0.717) is 36.7 Å². The number of nitrogens with zero attached hydrogens (tertiary/aromatic N) is 1. The van der Waals surface area contributed by atoms with E-state index in [1.165, 1.54) is 5.56 Å². The van der Waals surface area contributed by atoms with E-state index < -0.39 is 0 Å². The normalized spacial score (nSPS) is 12.5. The van der Waals surface area contributed by atoms with Crippen molar-refractivity contribution >= 4 is 23.2 Å². The van der Waals surface area contributed by atoms with E-state index in [4.69, 9.17) is 14.2 Å². The number of ether oxygens (including phenoxy) is 3. The van der Waals surface area contributed by atoms with Gasteiger partial charge in [-0.25, -0.2) is 0 Å². The molecule has 1 aliphatic rings. The lowest BCUT2D eigenvalue weighted by atomic mass is 10.2. The van der Waals surface area contributed by atoms with Crippen LogP contribution in [-0.2, 0) is 16.0 Å². The number of hydrogen-bond donors (Lipinski definition) is 1. The Morgan fingerprint density at radius 3 is 2.49 bits per heavy atom. The number of aryl methyl sites for hydroxylation is 1. The van der Waals surface area contributed by atoms with Gasteiger partial charge in [-0.1, -0.05) is 37.3 Å². The molecule has 0 fully saturated rings. The molecule has 0 aromatic heterocycles. The Hall–Kier alpha value is -4.00. The first-order valence-corrected chi connectivity index (χ1v) is 11.9. The van der Waals surface area contributed by atoms with Gasteiger partial charge in [-0.3, -0.25) is 9.59 Å². The van der Waals surface area contributed by atoms with Gasteiger partial charge in [-0.15, -0.1) is 0 Å². The SMILES string of the molecule is CCc1ccc(OCCCN2C(=O)COc3ccc(NC(=O)CCOc4ccccc4)cc32)cc1. The van der Waals surface area contributed by atoms with Crippen LogP contribution in [0.15, 0.2) is 72.8 Å². The summed E-state index contributed by atoms with van der Waals surface area (Å²) in [6.07, 6.45) is 1.86. The van der Waals surface area contributed by atoms with Gasteiger partial charge in [0.2, 0.25) is 5.91 Å². The molecule has 0 unspecified atom stereocenters. The minimum atomic E-state index is -0.169. The van der Waals surface area contributed by atoms with E-state index in [1.54, 1.807) is 23.1 Å². The molecule has 4 rings (SSSR count). The summed E-state index contributed by atoms with van der Waals surface area (Å²) in [5, 5.41) is 2.87. The zero-order valence-electron chi connectivity index (χ0n) is 19.9. The fourth-order valence-electron chi connectivity index (χ4n) is 3.76. The Balaban J connectivity index is 1.30. The third-order valence-electron chi connectivity index (χ3n) is 5.65. The number of hydrogen-bond acceptors (Lipinski definition) is 5. The summed E-state index contributed by atoms with van der Waals surface area (Å²) in [5.74, 6) is 1.87. The standard InChI is InChI=1S/C28H30N2O5/c1-2-21-9-12-24(13-10-21)33-17-6-16-30-25-19-22(11-14-26(25)35-20-28(30)32)29-27(31)15-18-34-23-7-4-3-5-8-23/h3-5,7-14,19H,2,6,15-18,20H2,1H3,(H,29,31). The van der Waals surface area contributed by atoms with E-state index in [0.717, 1.165) is 17.9 Å². The predicted molar refractivity (Wildman–Crippen MR) is 135 cm³/mol. The lowest BCUT2D eigenvalue weighted by Crippen LogP contribution is -2.39. The number of amides is 2. The number of nitrogens with one attached hydrogen (secondary N) is 1. The number of para-hydroxylation sites is 1. The Bertz CT molecular complexity index is 1130. The molecule has 1 N–H and O–H groups in total. The molecular formula is C28H30N2O5. The first-order chi connectivity index (χ1) is 17.1. The average molecular weight is 475 g/mol. The van der Waals surface area contributed by atoms with Gasteiger partial charge < -0.3 is 24.4 Å². The molecule has 0 atom stereocenters. The van der Waals surface area contributed by atoms with Gasteiger partial charge in [0.15, 0.2) is 6.61 Å². The van der Waals surface area contributed by atoms with Gasteiger partial charge in [0, 0.05) is 12.2 Å². The Morgan fingerprint density at radius 1 is 0.971 bits per heavy atom. The van der Waals surface area contributed by atoms with Crippen LogP contribution in [0.1, 0.15) is 25.3 Å². The van der Waals surface area contributed by atoms with Gasteiger partial charge in [0.05, 0.1) is 25.3 Å². The molecule has 3 aromatic rings. The van der Waals surface area contributed by atoms with E-state index in [-0.39, 0.29) is 31.4 Å². The van der Waals surface area contributed by atoms with Crippen molar-refractivity contribution in [3.63, 3.8) is 0 Å². The molecule has 0 spiro atoms. The summed E-state index contributed by atoms with van der Waals surface area (Å²) in [6.45, 7) is 3.36. The smallest absolute Gasteiger partial charge is 0.265 e. The number of anilines is 2. The van der Waals surface area contributed by atoms with E-state index in [1.807, 2.05) is 42.5 Å². The predicted octanol–water partition coefficient (Wildman–Crippen LogP) is 4.85. The molecule has 3 aromatic carbocycles. The third-order valence-corrected chi connectivity index (χ3v) is 5.65. The number of carbonyl (C=O) groups excluding carboxylic acids is 2. The number of rotatable bonds is 11. The molecule has 0 aliphatic carbocycles. The molecule has 7 heteroatoms. The van der Waals surface area contributed by atoms with Crippen LogP contribution in [0, 0.1) is 0 Å². The van der Waals surface area contributed by atoms with Crippen molar-refractivity contribution in [2.45, 2.75) is 26.2 Å². The lowest BCUT2D eigenvalue weighted by molar-refractivity contribution is -0.121. The zero-order valence-corrected chi connectivity index (χ0v) is 19.9. The Morgan fingerprint density at radius 2 is 1.71 bits per heavy atom. The van der Waals surface area contributed by atoms with Gasteiger partial charge in [0.25, 0.3) is 5.91 Å². The maximum Gasteiger partial charge on any atom is 0.265 e. The highest BCUT2D eigenvalue weighted by Crippen LogP contribution is 2.34. The molecule has 35 heavy (non-hydrogen) atoms. The van der Waals surface area contributed by atoms with Crippen LogP contribution in [0.3, 0.4) is 0 Å². The lowest BCUT2D eigenvalue weighted by Gasteiger charge is -2.30. The Labute approximate surface area is 205 Å². The minimum Gasteiger partial charge on any atom is -0.494 e. The number of carbonyl (C=O) groups is 2. The van der Waals surface area contributed by atoms with Crippen molar-refractivity contribution in [1.29, 1.82) is 0 Å². The number of fused-ring (bicyclic) bond motifs is 1. The molecule has 7 nitrogen and oxygen atoms in total. The highest BCUT2D eigenvalue weighted by atomic mass is 16.5. The second-order valence-electron chi connectivity index (χ2n) is 8.18. The summed E-state index contributed by atoms with van der Waals surface area (Å²) in [7, 11) is 0. The molecule has 0 saturated heterocycles. The monoisotopic (exact) mass is 474 g/mol. The third kappa shape index (κ3) is 6.76. The van der Waals surface area contributed by atoms with Crippen molar-refractivity contribution in [2.75, 3.05) is 36.6 Å². The van der Waals surface area contributed by atoms with Crippen molar-refractivity contribution < 1.29 is 23.8 Å². The highest BCUT2D eigenvalue weighted by molar-refractivity contribution is 5.99. The van der Waals surface area contributed by atoms with Crippen LogP contribution in [-0.4, -0.2) is 38.2 Å².